The van der Waals surface area contributed by atoms with E-state index in [0.29, 0.717) is 46.3 Å². The number of hydrogen-bond donors (Lipinski definition) is 1. The van der Waals surface area contributed by atoms with E-state index in [1.807, 2.05) is 30.3 Å². The summed E-state index contributed by atoms with van der Waals surface area (Å²) in [6.45, 7) is 1.63. The third-order valence-corrected chi connectivity index (χ3v) is 5.69. The molecule has 0 saturated heterocycles. The molecule has 1 N–H and O–H groups in total. The number of methoxy groups -OCH3 is 1. The fourth-order valence-corrected chi connectivity index (χ4v) is 4.01. The Kier molecular flexibility index (Phi) is 6.73. The Morgan fingerprint density at radius 3 is 2.68 bits per heavy atom. The van der Waals surface area contributed by atoms with Gasteiger partial charge in [-0.3, -0.25) is 0 Å². The molecule has 31 heavy (non-hydrogen) atoms. The second kappa shape index (κ2) is 9.66. The highest BCUT2D eigenvalue weighted by molar-refractivity contribution is 9.10. The third kappa shape index (κ3) is 4.99. The number of fused-ring (bicyclic) bond motifs is 1. The molecule has 0 aromatic heterocycles. The molecule has 4 rings (SSSR count). The van der Waals surface area contributed by atoms with Crippen molar-refractivity contribution in [3.05, 3.63) is 75.0 Å². The lowest BCUT2D eigenvalue weighted by Crippen LogP contribution is -2.15. The second-order valence-electron chi connectivity index (χ2n) is 6.81. The van der Waals surface area contributed by atoms with Gasteiger partial charge in [-0.25, -0.2) is 4.39 Å². The average Bonchev–Trinajstić information content (AvgIpc) is 2.78. The summed E-state index contributed by atoms with van der Waals surface area (Å²) >= 11 is 9.62. The number of rotatable bonds is 7. The van der Waals surface area contributed by atoms with Crippen LogP contribution in [0.1, 0.15) is 11.1 Å². The highest BCUT2D eigenvalue weighted by Gasteiger charge is 2.15. The monoisotopic (exact) mass is 507 g/mol. The lowest BCUT2D eigenvalue weighted by atomic mass is 10.2. The molecule has 3 aromatic rings. The molecular weight excluding hydrogens is 489 g/mol. The minimum atomic E-state index is -0.414. The molecule has 1 heterocycles. The van der Waals surface area contributed by atoms with Gasteiger partial charge < -0.3 is 24.3 Å². The summed E-state index contributed by atoms with van der Waals surface area (Å²) in [6, 6.07) is 14.1. The maximum Gasteiger partial charge on any atom is 0.175 e. The minimum absolute atomic E-state index is 0.0186. The van der Waals surface area contributed by atoms with Gasteiger partial charge in [-0.05, 0) is 57.9 Å². The van der Waals surface area contributed by atoms with Gasteiger partial charge in [0.05, 0.1) is 16.6 Å². The Labute approximate surface area is 193 Å². The molecule has 1 aliphatic heterocycles. The summed E-state index contributed by atoms with van der Waals surface area (Å²) in [7, 11) is 1.56. The topological polar surface area (TPSA) is 49.0 Å². The number of ether oxygens (including phenoxy) is 4. The van der Waals surface area contributed by atoms with Crippen LogP contribution in [0.3, 0.4) is 0 Å². The molecule has 0 aliphatic carbocycles. The molecule has 0 bridgehead atoms. The first kappa shape index (κ1) is 21.6. The zero-order chi connectivity index (χ0) is 21.8. The quantitative estimate of drug-likeness (QED) is 0.411. The molecule has 5 nitrogen and oxygen atoms in total. The van der Waals surface area contributed by atoms with E-state index in [-0.39, 0.29) is 6.61 Å². The number of halogens is 3. The van der Waals surface area contributed by atoms with Crippen LogP contribution >= 0.6 is 27.5 Å². The van der Waals surface area contributed by atoms with Crippen LogP contribution in [0, 0.1) is 5.82 Å². The van der Waals surface area contributed by atoms with Crippen molar-refractivity contribution in [1.82, 2.24) is 0 Å². The summed E-state index contributed by atoms with van der Waals surface area (Å²) in [5.74, 6) is 2.07. The molecule has 0 spiro atoms. The molecule has 0 unspecified atom stereocenters. The van der Waals surface area contributed by atoms with E-state index in [1.165, 1.54) is 6.07 Å². The summed E-state index contributed by atoms with van der Waals surface area (Å²) in [5.41, 5.74) is 2.17. The van der Waals surface area contributed by atoms with Crippen molar-refractivity contribution in [3.8, 4) is 23.0 Å². The lowest BCUT2D eigenvalue weighted by Gasteiger charge is -2.19. The van der Waals surface area contributed by atoms with E-state index < -0.39 is 5.82 Å². The largest absolute Gasteiger partial charge is 0.493 e. The van der Waals surface area contributed by atoms with Crippen molar-refractivity contribution in [1.29, 1.82) is 0 Å². The summed E-state index contributed by atoms with van der Waals surface area (Å²) in [5, 5.41) is 3.68. The molecule has 0 atom stereocenters. The molecule has 0 amide bonds. The zero-order valence-electron chi connectivity index (χ0n) is 16.7. The minimum Gasteiger partial charge on any atom is -0.493 e. The summed E-state index contributed by atoms with van der Waals surface area (Å²) < 4.78 is 37.2. The van der Waals surface area contributed by atoms with Crippen LogP contribution in [0.4, 0.5) is 10.1 Å². The van der Waals surface area contributed by atoms with Crippen LogP contribution in [0.5, 0.6) is 23.0 Å². The van der Waals surface area contributed by atoms with Crippen LogP contribution in [0.15, 0.2) is 53.0 Å². The van der Waals surface area contributed by atoms with Gasteiger partial charge in [-0.1, -0.05) is 17.7 Å². The third-order valence-electron chi connectivity index (χ3n) is 4.75. The Bertz CT molecular complexity index is 1080. The Hall–Kier alpha value is -2.64. The van der Waals surface area contributed by atoms with Gasteiger partial charge in [0.2, 0.25) is 0 Å². The molecule has 0 saturated carbocycles. The number of benzene rings is 3. The molecule has 8 heteroatoms. The van der Waals surface area contributed by atoms with E-state index in [1.54, 1.807) is 19.2 Å². The predicted octanol–water partition coefficient (Wildman–Crippen LogP) is 6.21. The van der Waals surface area contributed by atoms with Crippen LogP contribution in [-0.4, -0.2) is 20.3 Å². The van der Waals surface area contributed by atoms with Crippen molar-refractivity contribution in [2.45, 2.75) is 13.2 Å². The van der Waals surface area contributed by atoms with Crippen molar-refractivity contribution in [2.75, 3.05) is 25.6 Å². The smallest absolute Gasteiger partial charge is 0.175 e. The van der Waals surface area contributed by atoms with Crippen molar-refractivity contribution < 1.29 is 23.3 Å². The van der Waals surface area contributed by atoms with Crippen LogP contribution in [0.2, 0.25) is 5.02 Å². The Morgan fingerprint density at radius 2 is 1.90 bits per heavy atom. The highest BCUT2D eigenvalue weighted by Crippen LogP contribution is 2.38. The number of anilines is 1. The summed E-state index contributed by atoms with van der Waals surface area (Å²) in [6.07, 6.45) is 0. The van der Waals surface area contributed by atoms with Crippen molar-refractivity contribution in [3.63, 3.8) is 0 Å². The zero-order valence-corrected chi connectivity index (χ0v) is 19.1. The number of hydrogen-bond acceptors (Lipinski definition) is 5. The molecule has 0 fully saturated rings. The van der Waals surface area contributed by atoms with E-state index in [2.05, 4.69) is 21.2 Å². The first-order chi connectivity index (χ1) is 15.0. The molecule has 162 valence electrons. The maximum atomic E-state index is 14.0. The Morgan fingerprint density at radius 1 is 1.10 bits per heavy atom. The fraction of sp³-hybridized carbons (Fsp3) is 0.217. The van der Waals surface area contributed by atoms with Crippen molar-refractivity contribution in [2.24, 2.45) is 0 Å². The number of nitrogens with one attached hydrogen (secondary N) is 1. The van der Waals surface area contributed by atoms with Crippen LogP contribution in [-0.2, 0) is 13.2 Å². The van der Waals surface area contributed by atoms with Gasteiger partial charge in [0.1, 0.15) is 25.6 Å². The van der Waals surface area contributed by atoms with Gasteiger partial charge in [-0.15, -0.1) is 0 Å². The fourth-order valence-electron chi connectivity index (χ4n) is 3.19. The van der Waals surface area contributed by atoms with Crippen LogP contribution in [0.25, 0.3) is 0 Å². The lowest BCUT2D eigenvalue weighted by molar-refractivity contribution is 0.171. The van der Waals surface area contributed by atoms with Gasteiger partial charge in [0.15, 0.2) is 23.0 Å². The Balaban J connectivity index is 1.47. The van der Waals surface area contributed by atoms with Gasteiger partial charge >= 0.3 is 0 Å². The second-order valence-corrected chi connectivity index (χ2v) is 8.07. The molecular formula is C23H20BrClFNO4. The average molecular weight is 509 g/mol. The molecule has 1 aliphatic rings. The van der Waals surface area contributed by atoms with Gasteiger partial charge in [-0.2, -0.15) is 0 Å². The van der Waals surface area contributed by atoms with Gasteiger partial charge in [0.25, 0.3) is 0 Å². The highest BCUT2D eigenvalue weighted by atomic mass is 79.9. The molecule has 0 radical (unpaired) electrons. The maximum absolute atomic E-state index is 14.0. The van der Waals surface area contributed by atoms with E-state index in [4.69, 9.17) is 30.5 Å². The molecule has 3 aromatic carbocycles. The normalized spacial score (nSPS) is 12.4. The van der Waals surface area contributed by atoms with E-state index >= 15 is 0 Å². The van der Waals surface area contributed by atoms with Crippen molar-refractivity contribution >= 4 is 33.2 Å². The van der Waals surface area contributed by atoms with Gasteiger partial charge in [0, 0.05) is 23.9 Å². The first-order valence-electron chi connectivity index (χ1n) is 9.61. The predicted molar refractivity (Wildman–Crippen MR) is 121 cm³/mol. The standard InChI is InChI=1S/C23H20BrClFNO4/c1-28-22-10-14(12-27-15-5-6-20-21(11-15)30-8-7-29-20)9-17(24)23(22)31-13-16-18(25)3-2-4-19(16)26/h2-6,9-11,27H,7-8,12-13H2,1H3. The summed E-state index contributed by atoms with van der Waals surface area (Å²) in [4.78, 5) is 0. The van der Waals surface area contributed by atoms with E-state index in [0.717, 1.165) is 22.7 Å². The van der Waals surface area contributed by atoms with Crippen LogP contribution < -0.4 is 24.3 Å². The SMILES string of the molecule is COc1cc(CNc2ccc3c(c2)OCCO3)cc(Br)c1OCc1c(F)cccc1Cl. The first-order valence-corrected chi connectivity index (χ1v) is 10.8. The van der Waals surface area contributed by atoms with E-state index in [9.17, 15) is 4.39 Å².